The highest BCUT2D eigenvalue weighted by atomic mass is 32.1. The summed E-state index contributed by atoms with van der Waals surface area (Å²) in [4.78, 5) is 6.69. The van der Waals surface area contributed by atoms with Crippen molar-refractivity contribution in [3.05, 3.63) is 107 Å². The standard InChI is InChI=1S/C28H25FN4OS/c1-4-19-8-10-20(11-9-19)25-24(27-31-26(32-34-27)21-12-14-22(29)15-13-21)18(3)33(28(35)30-25)23-7-5-6-17(2)16-23/h5-16,25H,4H2,1-3H3,(H,30,35). The van der Waals surface area contributed by atoms with Crippen LogP contribution >= 0.6 is 12.2 Å². The lowest BCUT2D eigenvalue weighted by molar-refractivity contribution is 0.404. The van der Waals surface area contributed by atoms with Crippen molar-refractivity contribution in [3.63, 3.8) is 0 Å². The van der Waals surface area contributed by atoms with Crippen molar-refractivity contribution < 1.29 is 8.91 Å². The van der Waals surface area contributed by atoms with Crippen molar-refractivity contribution in [2.45, 2.75) is 33.2 Å². The van der Waals surface area contributed by atoms with Gasteiger partial charge in [0.05, 0.1) is 11.6 Å². The van der Waals surface area contributed by atoms with E-state index in [1.54, 1.807) is 12.1 Å². The maximum Gasteiger partial charge on any atom is 0.258 e. The van der Waals surface area contributed by atoms with Crippen molar-refractivity contribution in [1.29, 1.82) is 0 Å². The number of halogens is 1. The minimum atomic E-state index is -0.314. The minimum absolute atomic E-state index is 0.268. The van der Waals surface area contributed by atoms with E-state index < -0.39 is 0 Å². The number of allylic oxidation sites excluding steroid dienone is 1. The summed E-state index contributed by atoms with van der Waals surface area (Å²) >= 11 is 5.83. The molecule has 1 aromatic heterocycles. The van der Waals surface area contributed by atoms with Crippen LogP contribution in [0.2, 0.25) is 0 Å². The number of anilines is 1. The zero-order valence-corrected chi connectivity index (χ0v) is 20.6. The Morgan fingerprint density at radius 3 is 2.46 bits per heavy atom. The number of thiocarbonyl (C=S) groups is 1. The molecule has 2 heterocycles. The number of hydrogen-bond acceptors (Lipinski definition) is 4. The summed E-state index contributed by atoms with van der Waals surface area (Å²) < 4.78 is 19.2. The monoisotopic (exact) mass is 484 g/mol. The van der Waals surface area contributed by atoms with Crippen LogP contribution in [0.25, 0.3) is 17.0 Å². The molecule has 1 aliphatic rings. The lowest BCUT2D eigenvalue weighted by Crippen LogP contribution is -2.46. The van der Waals surface area contributed by atoms with Gasteiger partial charge in [-0.15, -0.1) is 0 Å². The Balaban J connectivity index is 1.64. The molecule has 0 bridgehead atoms. The molecule has 4 aromatic rings. The summed E-state index contributed by atoms with van der Waals surface area (Å²) in [7, 11) is 0. The lowest BCUT2D eigenvalue weighted by atomic mass is 9.93. The second kappa shape index (κ2) is 9.43. The van der Waals surface area contributed by atoms with E-state index in [2.05, 4.69) is 60.7 Å². The molecule has 5 nitrogen and oxygen atoms in total. The quantitative estimate of drug-likeness (QED) is 0.322. The first-order chi connectivity index (χ1) is 16.9. The van der Waals surface area contributed by atoms with Gasteiger partial charge in [0.1, 0.15) is 5.82 Å². The topological polar surface area (TPSA) is 54.2 Å². The first-order valence-electron chi connectivity index (χ1n) is 11.5. The summed E-state index contributed by atoms with van der Waals surface area (Å²) in [5, 5.41) is 8.28. The molecule has 0 saturated heterocycles. The summed E-state index contributed by atoms with van der Waals surface area (Å²) in [6.45, 7) is 6.20. The second-order valence-electron chi connectivity index (χ2n) is 8.58. The van der Waals surface area contributed by atoms with Crippen LogP contribution < -0.4 is 10.2 Å². The van der Waals surface area contributed by atoms with Gasteiger partial charge in [0, 0.05) is 16.9 Å². The van der Waals surface area contributed by atoms with Crippen LogP contribution in [0.4, 0.5) is 10.1 Å². The minimum Gasteiger partial charge on any atom is -0.351 e. The first-order valence-corrected chi connectivity index (χ1v) is 11.9. The molecule has 0 spiro atoms. The van der Waals surface area contributed by atoms with Crippen LogP contribution in [0, 0.1) is 12.7 Å². The van der Waals surface area contributed by atoms with E-state index >= 15 is 0 Å². The van der Waals surface area contributed by atoms with Crippen LogP contribution in [-0.4, -0.2) is 15.3 Å². The fraction of sp³-hybridized carbons (Fsp3) is 0.179. The molecule has 0 aliphatic carbocycles. The Labute approximate surface area is 209 Å². The van der Waals surface area contributed by atoms with Gasteiger partial charge in [-0.3, -0.25) is 4.90 Å². The van der Waals surface area contributed by atoms with Gasteiger partial charge in [0.2, 0.25) is 5.82 Å². The van der Waals surface area contributed by atoms with Crippen molar-refractivity contribution >= 4 is 28.6 Å². The predicted molar refractivity (Wildman–Crippen MR) is 140 cm³/mol. The third-order valence-corrected chi connectivity index (χ3v) is 6.53. The molecule has 0 saturated carbocycles. The number of aryl methyl sites for hydroxylation is 2. The molecule has 7 heteroatoms. The van der Waals surface area contributed by atoms with Crippen LogP contribution in [0.15, 0.2) is 83.0 Å². The van der Waals surface area contributed by atoms with E-state index in [4.69, 9.17) is 21.7 Å². The van der Waals surface area contributed by atoms with Gasteiger partial charge in [0.15, 0.2) is 5.11 Å². The first kappa shape index (κ1) is 22.9. The largest absolute Gasteiger partial charge is 0.351 e. The number of aromatic nitrogens is 2. The maximum absolute atomic E-state index is 13.4. The Kier molecular flexibility index (Phi) is 6.17. The van der Waals surface area contributed by atoms with Crippen LogP contribution in [-0.2, 0) is 6.42 Å². The molecule has 0 amide bonds. The van der Waals surface area contributed by atoms with Crippen LogP contribution in [0.5, 0.6) is 0 Å². The molecule has 5 rings (SSSR count). The van der Waals surface area contributed by atoms with E-state index in [9.17, 15) is 4.39 Å². The smallest absolute Gasteiger partial charge is 0.258 e. The van der Waals surface area contributed by atoms with E-state index in [1.807, 2.05) is 24.0 Å². The van der Waals surface area contributed by atoms with Crippen molar-refractivity contribution in [2.75, 3.05) is 4.90 Å². The molecule has 0 fully saturated rings. The van der Waals surface area contributed by atoms with Crippen molar-refractivity contribution in [3.8, 4) is 11.4 Å². The Morgan fingerprint density at radius 2 is 1.77 bits per heavy atom. The van der Waals surface area contributed by atoms with Gasteiger partial charge in [-0.05, 0) is 85.6 Å². The lowest BCUT2D eigenvalue weighted by Gasteiger charge is -2.37. The van der Waals surface area contributed by atoms with Crippen LogP contribution in [0.1, 0.15) is 42.5 Å². The molecule has 176 valence electrons. The van der Waals surface area contributed by atoms with Gasteiger partial charge in [-0.25, -0.2) is 4.39 Å². The predicted octanol–water partition coefficient (Wildman–Crippen LogP) is 6.61. The SMILES string of the molecule is CCc1ccc(C2NC(=S)N(c3cccc(C)c3)C(C)=C2c2nc(-c3ccc(F)cc3)no2)cc1. The second-order valence-corrected chi connectivity index (χ2v) is 8.97. The molecule has 1 aliphatic heterocycles. The normalized spacial score (nSPS) is 15.9. The van der Waals surface area contributed by atoms with E-state index in [1.165, 1.54) is 17.7 Å². The Morgan fingerprint density at radius 1 is 1.03 bits per heavy atom. The molecule has 0 radical (unpaired) electrons. The van der Waals surface area contributed by atoms with Gasteiger partial charge < -0.3 is 9.84 Å². The molecule has 1 N–H and O–H groups in total. The molecule has 3 aromatic carbocycles. The highest BCUT2D eigenvalue weighted by Crippen LogP contribution is 2.39. The number of nitrogens with zero attached hydrogens (tertiary/aromatic N) is 3. The summed E-state index contributed by atoms with van der Waals surface area (Å²) in [6.07, 6.45) is 0.963. The van der Waals surface area contributed by atoms with Gasteiger partial charge in [0.25, 0.3) is 5.89 Å². The van der Waals surface area contributed by atoms with Gasteiger partial charge in [-0.1, -0.05) is 48.5 Å². The van der Waals surface area contributed by atoms with Gasteiger partial charge in [-0.2, -0.15) is 4.98 Å². The third-order valence-electron chi connectivity index (χ3n) is 6.22. The number of benzene rings is 3. The number of hydrogen-bond donors (Lipinski definition) is 1. The van der Waals surface area contributed by atoms with Crippen molar-refractivity contribution in [2.24, 2.45) is 0 Å². The molecule has 1 atom stereocenters. The summed E-state index contributed by atoms with van der Waals surface area (Å²) in [6, 6.07) is 22.4. The van der Waals surface area contributed by atoms with Crippen LogP contribution in [0.3, 0.4) is 0 Å². The highest BCUT2D eigenvalue weighted by molar-refractivity contribution is 7.80. The number of nitrogens with one attached hydrogen (secondary N) is 1. The van der Waals surface area contributed by atoms with E-state index in [0.29, 0.717) is 22.4 Å². The Bertz CT molecular complexity index is 1410. The zero-order chi connectivity index (χ0) is 24.5. The van der Waals surface area contributed by atoms with E-state index in [0.717, 1.165) is 34.5 Å². The summed E-state index contributed by atoms with van der Waals surface area (Å²) in [5.74, 6) is 0.472. The molecule has 35 heavy (non-hydrogen) atoms. The Hall–Kier alpha value is -3.84. The zero-order valence-electron chi connectivity index (χ0n) is 19.7. The summed E-state index contributed by atoms with van der Waals surface area (Å²) in [5.41, 5.74) is 6.81. The fourth-order valence-electron chi connectivity index (χ4n) is 4.34. The molecular formula is C28H25FN4OS. The third kappa shape index (κ3) is 4.47. The molecular weight excluding hydrogens is 459 g/mol. The van der Waals surface area contributed by atoms with E-state index in [-0.39, 0.29) is 11.9 Å². The maximum atomic E-state index is 13.4. The van der Waals surface area contributed by atoms with Gasteiger partial charge >= 0.3 is 0 Å². The number of rotatable bonds is 5. The highest BCUT2D eigenvalue weighted by Gasteiger charge is 2.34. The van der Waals surface area contributed by atoms with Crippen molar-refractivity contribution in [1.82, 2.24) is 15.5 Å². The average molecular weight is 485 g/mol. The fourth-order valence-corrected chi connectivity index (χ4v) is 4.70. The average Bonchev–Trinajstić information content (AvgIpc) is 3.34. The molecule has 1 unspecified atom stereocenters.